The van der Waals surface area contributed by atoms with Gasteiger partial charge in [0.05, 0.1) is 5.02 Å². The molecule has 0 spiro atoms. The molecule has 0 unspecified atom stereocenters. The van der Waals surface area contributed by atoms with Gasteiger partial charge in [-0.05, 0) is 60.7 Å². The molecule has 0 saturated carbocycles. The van der Waals surface area contributed by atoms with Crippen molar-refractivity contribution in [2.45, 2.75) is 0 Å². The Morgan fingerprint density at radius 1 is 0.968 bits per heavy atom. The highest BCUT2D eigenvalue weighted by Gasteiger charge is 2.08. The number of nitrogens with one attached hydrogen (secondary N) is 1. The first-order chi connectivity index (χ1) is 15.1. The molecule has 0 atom stereocenters. The molecule has 0 aliphatic carbocycles. The Morgan fingerprint density at radius 3 is 2.42 bits per heavy atom. The number of halogens is 2. The molecule has 0 radical (unpaired) electrons. The zero-order chi connectivity index (χ0) is 21.6. The van der Waals surface area contributed by atoms with Gasteiger partial charge >= 0.3 is 0 Å². The predicted octanol–water partition coefficient (Wildman–Crippen LogP) is 5.38. The first kappa shape index (κ1) is 20.7. The lowest BCUT2D eigenvalue weighted by Crippen LogP contribution is -2.20. The molecule has 7 nitrogen and oxygen atoms in total. The van der Waals surface area contributed by atoms with Gasteiger partial charge in [-0.2, -0.15) is 0 Å². The van der Waals surface area contributed by atoms with Crippen molar-refractivity contribution in [1.29, 1.82) is 0 Å². The Kier molecular flexibility index (Phi) is 6.35. The van der Waals surface area contributed by atoms with Crippen molar-refractivity contribution in [2.75, 3.05) is 11.9 Å². The molecular formula is C22H16Cl2N4O3. The van der Waals surface area contributed by atoms with Crippen molar-refractivity contribution in [3.05, 3.63) is 89.2 Å². The molecule has 2 aromatic carbocycles. The lowest BCUT2D eigenvalue weighted by molar-refractivity contribution is -0.118. The molecule has 2 heterocycles. The van der Waals surface area contributed by atoms with Gasteiger partial charge in [-0.3, -0.25) is 4.79 Å². The monoisotopic (exact) mass is 454 g/mol. The van der Waals surface area contributed by atoms with Crippen molar-refractivity contribution < 1.29 is 14.3 Å². The highest BCUT2D eigenvalue weighted by atomic mass is 35.5. The number of benzene rings is 2. The maximum Gasteiger partial charge on any atom is 0.262 e. The third-order valence-electron chi connectivity index (χ3n) is 4.11. The Bertz CT molecular complexity index is 1160. The Morgan fingerprint density at radius 2 is 1.74 bits per heavy atom. The fourth-order valence-corrected chi connectivity index (χ4v) is 3.12. The van der Waals surface area contributed by atoms with E-state index in [9.17, 15) is 4.79 Å². The summed E-state index contributed by atoms with van der Waals surface area (Å²) in [6.07, 6.45) is 3.76. The molecule has 2 aromatic heterocycles. The smallest absolute Gasteiger partial charge is 0.262 e. The highest BCUT2D eigenvalue weighted by Crippen LogP contribution is 2.27. The third-order valence-corrected chi connectivity index (χ3v) is 4.64. The maximum absolute atomic E-state index is 12.1. The van der Waals surface area contributed by atoms with Crippen LogP contribution in [0.3, 0.4) is 0 Å². The number of amides is 1. The Hall–Kier alpha value is -3.55. The minimum atomic E-state index is -0.328. The van der Waals surface area contributed by atoms with Crippen LogP contribution in [-0.2, 0) is 4.79 Å². The normalized spacial score (nSPS) is 10.5. The van der Waals surface area contributed by atoms with Gasteiger partial charge in [0.15, 0.2) is 12.4 Å². The van der Waals surface area contributed by atoms with Crippen LogP contribution in [0.2, 0.25) is 10.0 Å². The summed E-state index contributed by atoms with van der Waals surface area (Å²) in [7, 11) is 0. The van der Waals surface area contributed by atoms with E-state index in [0.717, 1.165) is 0 Å². The van der Waals surface area contributed by atoms with Crippen LogP contribution in [0.1, 0.15) is 0 Å². The number of carbonyl (C=O) groups is 1. The van der Waals surface area contributed by atoms with Crippen molar-refractivity contribution in [3.63, 3.8) is 0 Å². The number of nitrogens with zero attached hydrogens (tertiary/aromatic N) is 3. The molecular weight excluding hydrogens is 439 g/mol. The third kappa shape index (κ3) is 5.53. The van der Waals surface area contributed by atoms with Crippen molar-refractivity contribution in [1.82, 2.24) is 14.8 Å². The summed E-state index contributed by atoms with van der Waals surface area (Å²) in [6.45, 7) is -0.192. The van der Waals surface area contributed by atoms with E-state index < -0.39 is 0 Å². The molecule has 4 aromatic rings. The van der Waals surface area contributed by atoms with Crippen molar-refractivity contribution in [2.24, 2.45) is 0 Å². The second-order valence-corrected chi connectivity index (χ2v) is 7.20. The quantitative estimate of drug-likeness (QED) is 0.405. The van der Waals surface area contributed by atoms with Gasteiger partial charge in [-0.1, -0.05) is 23.2 Å². The Balaban J connectivity index is 1.30. The van der Waals surface area contributed by atoms with Gasteiger partial charge in [0, 0.05) is 29.2 Å². The van der Waals surface area contributed by atoms with Crippen LogP contribution in [0.5, 0.6) is 17.4 Å². The summed E-state index contributed by atoms with van der Waals surface area (Å²) in [5.74, 6) is 1.67. The molecule has 1 amide bonds. The number of rotatable bonds is 7. The van der Waals surface area contributed by atoms with Gasteiger partial charge in [0.2, 0.25) is 5.88 Å². The van der Waals surface area contributed by atoms with E-state index in [4.69, 9.17) is 32.7 Å². The van der Waals surface area contributed by atoms with E-state index in [1.807, 2.05) is 35.2 Å². The molecule has 1 N–H and O–H groups in total. The summed E-state index contributed by atoms with van der Waals surface area (Å²) in [6, 6.07) is 19.0. The standard InChI is InChI=1S/C22H16Cl2N4O3/c23-15-3-8-19(18(24)13-15)30-14-21(29)25-16-4-6-17(7-5-16)31-22-10-9-20(26-27-22)28-11-1-2-12-28/h1-13H,14H2,(H,25,29). The van der Waals surface area contributed by atoms with Gasteiger partial charge < -0.3 is 19.4 Å². The summed E-state index contributed by atoms with van der Waals surface area (Å²) in [5.41, 5.74) is 0.595. The van der Waals surface area contributed by atoms with Crippen LogP contribution >= 0.6 is 23.2 Å². The summed E-state index contributed by atoms with van der Waals surface area (Å²) in [4.78, 5) is 12.1. The Labute approximate surface area is 188 Å². The number of aromatic nitrogens is 3. The van der Waals surface area contributed by atoms with Crippen LogP contribution in [-0.4, -0.2) is 27.3 Å². The van der Waals surface area contributed by atoms with Crippen LogP contribution in [0.4, 0.5) is 5.69 Å². The van der Waals surface area contributed by atoms with Crippen LogP contribution in [0.25, 0.3) is 5.82 Å². The minimum Gasteiger partial charge on any atom is -0.482 e. The van der Waals surface area contributed by atoms with Crippen molar-refractivity contribution in [3.8, 4) is 23.2 Å². The first-order valence-electron chi connectivity index (χ1n) is 9.19. The second-order valence-electron chi connectivity index (χ2n) is 6.36. The molecule has 4 rings (SSSR count). The molecule has 0 aliphatic rings. The molecule has 156 valence electrons. The number of ether oxygens (including phenoxy) is 2. The number of hydrogen-bond acceptors (Lipinski definition) is 5. The average Bonchev–Trinajstić information content (AvgIpc) is 3.30. The van der Waals surface area contributed by atoms with E-state index >= 15 is 0 Å². The number of hydrogen-bond donors (Lipinski definition) is 1. The van der Waals surface area contributed by atoms with E-state index in [2.05, 4.69) is 15.5 Å². The minimum absolute atomic E-state index is 0.192. The second kappa shape index (κ2) is 9.51. The summed E-state index contributed by atoms with van der Waals surface area (Å²) < 4.78 is 13.0. The van der Waals surface area contributed by atoms with E-state index in [1.54, 1.807) is 48.5 Å². The first-order valence-corrected chi connectivity index (χ1v) is 9.95. The zero-order valence-electron chi connectivity index (χ0n) is 16.0. The van der Waals surface area contributed by atoms with E-state index in [1.165, 1.54) is 0 Å². The largest absolute Gasteiger partial charge is 0.482 e. The molecule has 9 heteroatoms. The van der Waals surface area contributed by atoms with Crippen LogP contribution < -0.4 is 14.8 Å². The number of carbonyl (C=O) groups excluding carboxylic acids is 1. The van der Waals surface area contributed by atoms with Crippen molar-refractivity contribution >= 4 is 34.8 Å². The maximum atomic E-state index is 12.1. The predicted molar refractivity (Wildman–Crippen MR) is 118 cm³/mol. The van der Waals surface area contributed by atoms with E-state index in [0.29, 0.717) is 38.9 Å². The van der Waals surface area contributed by atoms with Gasteiger partial charge in [0.1, 0.15) is 11.5 Å². The fraction of sp³-hybridized carbons (Fsp3) is 0.0455. The van der Waals surface area contributed by atoms with E-state index in [-0.39, 0.29) is 12.5 Å². The summed E-state index contributed by atoms with van der Waals surface area (Å²) in [5, 5.41) is 11.8. The molecule has 0 fully saturated rings. The van der Waals surface area contributed by atoms with Gasteiger partial charge in [0.25, 0.3) is 5.91 Å². The molecule has 0 saturated heterocycles. The topological polar surface area (TPSA) is 78.3 Å². The lowest BCUT2D eigenvalue weighted by Gasteiger charge is -2.10. The van der Waals surface area contributed by atoms with Crippen LogP contribution in [0.15, 0.2) is 79.1 Å². The SMILES string of the molecule is O=C(COc1ccc(Cl)cc1Cl)Nc1ccc(Oc2ccc(-n3cccc3)nn2)cc1. The average molecular weight is 455 g/mol. The molecule has 0 bridgehead atoms. The summed E-state index contributed by atoms with van der Waals surface area (Å²) >= 11 is 11.9. The fourth-order valence-electron chi connectivity index (χ4n) is 2.65. The van der Waals surface area contributed by atoms with Crippen LogP contribution in [0, 0.1) is 0 Å². The van der Waals surface area contributed by atoms with Gasteiger partial charge in [-0.15, -0.1) is 10.2 Å². The lowest BCUT2D eigenvalue weighted by atomic mass is 10.3. The number of anilines is 1. The van der Waals surface area contributed by atoms with Gasteiger partial charge in [-0.25, -0.2) is 0 Å². The molecule has 31 heavy (non-hydrogen) atoms. The molecule has 0 aliphatic heterocycles. The zero-order valence-corrected chi connectivity index (χ0v) is 17.5. The highest BCUT2D eigenvalue weighted by molar-refractivity contribution is 6.35.